The van der Waals surface area contributed by atoms with Crippen LogP contribution in [0, 0.1) is 17.1 Å². The Morgan fingerprint density at radius 2 is 1.79 bits per heavy atom. The summed E-state index contributed by atoms with van der Waals surface area (Å²) in [5.74, 6) is -0.354. The third-order valence-corrected chi connectivity index (χ3v) is 4.78. The molecule has 0 fully saturated rings. The Morgan fingerprint density at radius 1 is 1.03 bits per heavy atom. The second-order valence-corrected chi connectivity index (χ2v) is 6.52. The van der Waals surface area contributed by atoms with Gasteiger partial charge in [0.25, 0.3) is 0 Å². The third kappa shape index (κ3) is 3.56. The van der Waals surface area contributed by atoms with Crippen LogP contribution in [0.4, 0.5) is 10.1 Å². The minimum absolute atomic E-state index is 0.354. The third-order valence-electron chi connectivity index (χ3n) is 4.78. The highest BCUT2D eigenvalue weighted by atomic mass is 19.1. The Hall–Kier alpha value is -4.04. The summed E-state index contributed by atoms with van der Waals surface area (Å²) >= 11 is 0. The summed E-state index contributed by atoms with van der Waals surface area (Å²) in [7, 11) is 0. The molecule has 2 aromatic carbocycles. The zero-order valence-electron chi connectivity index (χ0n) is 15.4. The van der Waals surface area contributed by atoms with Gasteiger partial charge in [-0.25, -0.2) is 4.39 Å². The fourth-order valence-electron chi connectivity index (χ4n) is 3.40. The fourth-order valence-corrected chi connectivity index (χ4v) is 3.40. The standard InChI is InChI=1S/C24H16FN3O/c25-19-8-10-20(11-9-19)28-15-18(23-7-3-4-12-27-23)13-22(24(28)16-29)21-6-2-1-5-17(21)14-26/h1-13,15-16,24H. The van der Waals surface area contributed by atoms with E-state index in [9.17, 15) is 14.4 Å². The molecular formula is C24H16FN3O. The Kier molecular flexibility index (Phi) is 5.00. The second kappa shape index (κ2) is 7.91. The average Bonchev–Trinajstić information content (AvgIpc) is 2.79. The Bertz CT molecular complexity index is 1140. The van der Waals surface area contributed by atoms with Crippen molar-refractivity contribution < 1.29 is 9.18 Å². The summed E-state index contributed by atoms with van der Waals surface area (Å²) in [6.07, 6.45) is 6.24. The molecule has 4 nitrogen and oxygen atoms in total. The number of hydrogen-bond donors (Lipinski definition) is 0. The van der Waals surface area contributed by atoms with Gasteiger partial charge < -0.3 is 9.69 Å². The van der Waals surface area contributed by atoms with Gasteiger partial charge in [0.15, 0.2) is 0 Å². The number of aldehydes is 1. The van der Waals surface area contributed by atoms with Crippen molar-refractivity contribution in [1.29, 1.82) is 5.26 Å². The van der Waals surface area contributed by atoms with E-state index in [0.717, 1.165) is 17.6 Å². The molecule has 0 saturated heterocycles. The van der Waals surface area contributed by atoms with Crippen LogP contribution in [0.3, 0.4) is 0 Å². The molecule has 1 aliphatic rings. The molecule has 1 aromatic heterocycles. The van der Waals surface area contributed by atoms with Crippen LogP contribution in [0.15, 0.2) is 85.2 Å². The van der Waals surface area contributed by atoms with E-state index in [4.69, 9.17) is 0 Å². The lowest BCUT2D eigenvalue weighted by Crippen LogP contribution is -2.36. The van der Waals surface area contributed by atoms with Gasteiger partial charge >= 0.3 is 0 Å². The lowest BCUT2D eigenvalue weighted by Gasteiger charge is -2.33. The summed E-state index contributed by atoms with van der Waals surface area (Å²) in [4.78, 5) is 18.3. The van der Waals surface area contributed by atoms with E-state index in [0.29, 0.717) is 22.4 Å². The number of carbonyl (C=O) groups excluding carboxylic acids is 1. The van der Waals surface area contributed by atoms with E-state index >= 15 is 0 Å². The number of allylic oxidation sites excluding steroid dienone is 2. The van der Waals surface area contributed by atoms with Crippen molar-refractivity contribution in [2.45, 2.75) is 6.04 Å². The predicted molar refractivity (Wildman–Crippen MR) is 110 cm³/mol. The molecular weight excluding hydrogens is 365 g/mol. The summed E-state index contributed by atoms with van der Waals surface area (Å²) in [6, 6.07) is 20.2. The average molecular weight is 381 g/mol. The van der Waals surface area contributed by atoms with Gasteiger partial charge in [-0.3, -0.25) is 4.98 Å². The summed E-state index contributed by atoms with van der Waals surface area (Å²) < 4.78 is 13.5. The molecule has 0 aliphatic carbocycles. The molecule has 5 heteroatoms. The van der Waals surface area contributed by atoms with Crippen LogP contribution < -0.4 is 4.90 Å². The first-order valence-corrected chi connectivity index (χ1v) is 9.05. The number of nitriles is 1. The van der Waals surface area contributed by atoms with E-state index in [1.165, 1.54) is 12.1 Å². The van der Waals surface area contributed by atoms with E-state index in [1.807, 2.05) is 42.6 Å². The van der Waals surface area contributed by atoms with Gasteiger partial charge in [-0.05, 0) is 59.7 Å². The zero-order valence-corrected chi connectivity index (χ0v) is 15.4. The number of rotatable bonds is 4. The maximum absolute atomic E-state index is 13.5. The molecule has 1 aliphatic heterocycles. The van der Waals surface area contributed by atoms with Gasteiger partial charge in [-0.15, -0.1) is 0 Å². The maximum Gasteiger partial charge on any atom is 0.147 e. The smallest absolute Gasteiger partial charge is 0.147 e. The van der Waals surface area contributed by atoms with Crippen LogP contribution in [0.25, 0.3) is 11.1 Å². The highest BCUT2D eigenvalue weighted by Gasteiger charge is 2.28. The van der Waals surface area contributed by atoms with Gasteiger partial charge in [0, 0.05) is 23.7 Å². The Labute approximate surface area is 167 Å². The molecule has 0 bridgehead atoms. The number of nitrogens with zero attached hydrogens (tertiary/aromatic N) is 3. The summed E-state index contributed by atoms with van der Waals surface area (Å²) in [6.45, 7) is 0. The number of benzene rings is 2. The highest BCUT2D eigenvalue weighted by molar-refractivity contribution is 5.99. The molecule has 4 rings (SSSR count). The molecule has 2 heterocycles. The fraction of sp³-hybridized carbons (Fsp3) is 0.0417. The largest absolute Gasteiger partial charge is 0.333 e. The van der Waals surface area contributed by atoms with Gasteiger partial charge in [0.05, 0.1) is 17.3 Å². The molecule has 3 aromatic rings. The van der Waals surface area contributed by atoms with Crippen molar-refractivity contribution in [1.82, 2.24) is 4.98 Å². The van der Waals surface area contributed by atoms with Crippen molar-refractivity contribution >= 4 is 23.1 Å². The number of carbonyl (C=O) groups is 1. The first kappa shape index (κ1) is 18.3. The normalized spacial score (nSPS) is 15.9. The van der Waals surface area contributed by atoms with E-state index in [2.05, 4.69) is 11.1 Å². The van der Waals surface area contributed by atoms with Gasteiger partial charge in [-0.2, -0.15) is 5.26 Å². The molecule has 1 atom stereocenters. The first-order valence-electron chi connectivity index (χ1n) is 9.05. The lowest BCUT2D eigenvalue weighted by molar-refractivity contribution is -0.107. The predicted octanol–water partition coefficient (Wildman–Crippen LogP) is 4.60. The van der Waals surface area contributed by atoms with Crippen LogP contribution in [0.2, 0.25) is 0 Å². The van der Waals surface area contributed by atoms with Crippen LogP contribution in [-0.4, -0.2) is 17.3 Å². The number of hydrogen-bond acceptors (Lipinski definition) is 4. The highest BCUT2D eigenvalue weighted by Crippen LogP contribution is 2.35. The van der Waals surface area contributed by atoms with Gasteiger partial charge in [0.2, 0.25) is 0 Å². The van der Waals surface area contributed by atoms with Crippen molar-refractivity contribution in [3.63, 3.8) is 0 Å². The van der Waals surface area contributed by atoms with Crippen LogP contribution in [0.1, 0.15) is 16.8 Å². The van der Waals surface area contributed by atoms with Crippen molar-refractivity contribution in [3.05, 3.63) is 108 Å². The molecule has 0 spiro atoms. The maximum atomic E-state index is 13.5. The minimum Gasteiger partial charge on any atom is -0.333 e. The quantitative estimate of drug-likeness (QED) is 0.620. The van der Waals surface area contributed by atoms with Crippen LogP contribution in [0.5, 0.6) is 0 Å². The zero-order chi connectivity index (χ0) is 20.2. The van der Waals surface area contributed by atoms with Crippen LogP contribution in [-0.2, 0) is 4.79 Å². The van der Waals surface area contributed by atoms with Crippen molar-refractivity contribution in [2.24, 2.45) is 0 Å². The van der Waals surface area contributed by atoms with Gasteiger partial charge in [-0.1, -0.05) is 24.3 Å². The Morgan fingerprint density at radius 3 is 2.48 bits per heavy atom. The number of anilines is 1. The topological polar surface area (TPSA) is 57.0 Å². The minimum atomic E-state index is -0.664. The molecule has 0 N–H and O–H groups in total. The molecule has 1 unspecified atom stereocenters. The van der Waals surface area contributed by atoms with E-state index in [1.54, 1.807) is 35.4 Å². The first-order chi connectivity index (χ1) is 14.2. The molecule has 0 radical (unpaired) electrons. The summed E-state index contributed by atoms with van der Waals surface area (Å²) in [5, 5.41) is 9.56. The second-order valence-electron chi connectivity index (χ2n) is 6.52. The molecule has 0 amide bonds. The van der Waals surface area contributed by atoms with E-state index < -0.39 is 6.04 Å². The molecule has 140 valence electrons. The van der Waals surface area contributed by atoms with Crippen molar-refractivity contribution in [3.8, 4) is 6.07 Å². The Balaban J connectivity index is 1.92. The monoisotopic (exact) mass is 381 g/mol. The van der Waals surface area contributed by atoms with E-state index in [-0.39, 0.29) is 5.82 Å². The van der Waals surface area contributed by atoms with Crippen LogP contribution >= 0.6 is 0 Å². The summed E-state index contributed by atoms with van der Waals surface area (Å²) in [5.41, 5.74) is 4.03. The molecule has 29 heavy (non-hydrogen) atoms. The molecule has 0 saturated carbocycles. The number of aromatic nitrogens is 1. The number of pyridine rings is 1. The number of halogens is 1. The van der Waals surface area contributed by atoms with Crippen molar-refractivity contribution in [2.75, 3.05) is 4.90 Å². The SMILES string of the molecule is N#Cc1ccccc1C1=CC(c2ccccn2)=CN(c2ccc(F)cc2)C1C=O. The lowest BCUT2D eigenvalue weighted by atomic mass is 9.89. The van der Waals surface area contributed by atoms with Gasteiger partial charge in [0.1, 0.15) is 18.1 Å².